The molecule has 0 bridgehead atoms. The Morgan fingerprint density at radius 2 is 2.05 bits per heavy atom. The lowest BCUT2D eigenvalue weighted by Crippen LogP contribution is -2.41. The lowest BCUT2D eigenvalue weighted by molar-refractivity contribution is 0.290. The first-order valence-electron chi connectivity index (χ1n) is 6.87. The summed E-state index contributed by atoms with van der Waals surface area (Å²) in [6, 6.07) is 7.26. The molecule has 0 amide bonds. The van der Waals surface area contributed by atoms with Gasteiger partial charge in [0.15, 0.2) is 0 Å². The molecule has 0 spiro atoms. The maximum atomic E-state index is 13.1. The van der Waals surface area contributed by atoms with E-state index in [9.17, 15) is 12.8 Å². The molecule has 20 heavy (non-hydrogen) atoms. The number of halogens is 1. The highest BCUT2D eigenvalue weighted by atomic mass is 32.2. The van der Waals surface area contributed by atoms with E-state index in [4.69, 9.17) is 0 Å². The molecule has 112 valence electrons. The van der Waals surface area contributed by atoms with Crippen LogP contribution in [0.2, 0.25) is 0 Å². The van der Waals surface area contributed by atoms with E-state index in [1.165, 1.54) is 6.07 Å². The van der Waals surface area contributed by atoms with Gasteiger partial charge in [-0.15, -0.1) is 0 Å². The third kappa shape index (κ3) is 4.85. The first kappa shape index (κ1) is 15.4. The highest BCUT2D eigenvalue weighted by Crippen LogP contribution is 2.36. The maximum absolute atomic E-state index is 13.1. The van der Waals surface area contributed by atoms with Crippen LogP contribution in [0.4, 0.5) is 4.39 Å². The summed E-state index contributed by atoms with van der Waals surface area (Å²) in [6.45, 7) is 1.26. The zero-order valence-electron chi connectivity index (χ0n) is 11.6. The smallest absolute Gasteiger partial charge is 0.208 e. The largest absolute Gasteiger partial charge is 0.314 e. The van der Waals surface area contributed by atoms with E-state index < -0.39 is 10.0 Å². The highest BCUT2D eigenvalue weighted by molar-refractivity contribution is 7.88. The van der Waals surface area contributed by atoms with Crippen molar-refractivity contribution in [3.05, 3.63) is 35.6 Å². The van der Waals surface area contributed by atoms with Gasteiger partial charge in [0.05, 0.1) is 6.26 Å². The molecule has 0 atom stereocenters. The zero-order chi connectivity index (χ0) is 14.6. The van der Waals surface area contributed by atoms with Crippen molar-refractivity contribution in [2.24, 2.45) is 0 Å². The molecule has 2 N–H and O–H groups in total. The Balaban J connectivity index is 1.60. The molecule has 1 saturated carbocycles. The van der Waals surface area contributed by atoms with Gasteiger partial charge in [0.2, 0.25) is 10.0 Å². The Kier molecular flexibility index (Phi) is 5.12. The van der Waals surface area contributed by atoms with Gasteiger partial charge in [-0.2, -0.15) is 0 Å². The van der Waals surface area contributed by atoms with Gasteiger partial charge in [0.1, 0.15) is 5.82 Å². The van der Waals surface area contributed by atoms with E-state index in [1.807, 2.05) is 6.07 Å². The highest BCUT2D eigenvalue weighted by Gasteiger charge is 2.29. The van der Waals surface area contributed by atoms with Gasteiger partial charge in [-0.05, 0) is 49.4 Å². The molecule has 0 aliphatic heterocycles. The lowest BCUT2D eigenvalue weighted by Gasteiger charge is -2.36. The van der Waals surface area contributed by atoms with E-state index in [0.29, 0.717) is 18.5 Å². The van der Waals surface area contributed by atoms with Crippen LogP contribution < -0.4 is 10.0 Å². The van der Waals surface area contributed by atoms with Crippen molar-refractivity contribution in [2.75, 3.05) is 19.3 Å². The predicted molar refractivity (Wildman–Crippen MR) is 77.6 cm³/mol. The summed E-state index contributed by atoms with van der Waals surface area (Å²) >= 11 is 0. The van der Waals surface area contributed by atoms with Gasteiger partial charge in [0, 0.05) is 12.6 Å². The topological polar surface area (TPSA) is 58.2 Å². The van der Waals surface area contributed by atoms with Crippen molar-refractivity contribution in [3.8, 4) is 0 Å². The van der Waals surface area contributed by atoms with Crippen LogP contribution in [0, 0.1) is 5.82 Å². The molecule has 1 aromatic rings. The van der Waals surface area contributed by atoms with Crippen LogP contribution in [0.1, 0.15) is 30.7 Å². The Morgan fingerprint density at radius 3 is 2.70 bits per heavy atom. The first-order valence-corrected chi connectivity index (χ1v) is 8.76. The van der Waals surface area contributed by atoms with E-state index >= 15 is 0 Å². The number of nitrogens with one attached hydrogen (secondary N) is 2. The fourth-order valence-corrected chi connectivity index (χ4v) is 2.98. The summed E-state index contributed by atoms with van der Waals surface area (Å²) in [5, 5.41) is 3.39. The van der Waals surface area contributed by atoms with Crippen LogP contribution >= 0.6 is 0 Å². The maximum Gasteiger partial charge on any atom is 0.208 e. The second kappa shape index (κ2) is 6.65. The second-order valence-corrected chi connectivity index (χ2v) is 7.23. The van der Waals surface area contributed by atoms with Gasteiger partial charge in [-0.1, -0.05) is 12.1 Å². The number of hydrogen-bond donors (Lipinski definition) is 2. The van der Waals surface area contributed by atoms with E-state index in [-0.39, 0.29) is 5.82 Å². The minimum absolute atomic E-state index is 0.175. The molecule has 0 heterocycles. The fourth-order valence-electron chi connectivity index (χ4n) is 2.47. The molecule has 6 heteroatoms. The SMILES string of the molecule is CS(=O)(=O)NCCCNC1CC(c2cccc(F)c2)C1. The lowest BCUT2D eigenvalue weighted by atomic mass is 9.76. The van der Waals surface area contributed by atoms with Crippen molar-refractivity contribution in [1.82, 2.24) is 10.0 Å². The molecule has 0 saturated heterocycles. The first-order chi connectivity index (χ1) is 9.44. The van der Waals surface area contributed by atoms with Crippen LogP contribution in [-0.4, -0.2) is 33.8 Å². The number of rotatable bonds is 7. The van der Waals surface area contributed by atoms with Gasteiger partial charge in [0.25, 0.3) is 0 Å². The third-order valence-electron chi connectivity index (χ3n) is 3.61. The molecular weight excluding hydrogens is 279 g/mol. The van der Waals surface area contributed by atoms with Gasteiger partial charge in [-0.25, -0.2) is 17.5 Å². The van der Waals surface area contributed by atoms with E-state index in [2.05, 4.69) is 10.0 Å². The second-order valence-electron chi connectivity index (χ2n) is 5.39. The summed E-state index contributed by atoms with van der Waals surface area (Å²) < 4.78 is 37.3. The van der Waals surface area contributed by atoms with Crippen LogP contribution in [0.15, 0.2) is 24.3 Å². The number of hydrogen-bond acceptors (Lipinski definition) is 3. The summed E-state index contributed by atoms with van der Waals surface area (Å²) in [7, 11) is -3.08. The Labute approximate surface area is 119 Å². The van der Waals surface area contributed by atoms with Crippen LogP contribution in [-0.2, 0) is 10.0 Å². The van der Waals surface area contributed by atoms with E-state index in [1.54, 1.807) is 12.1 Å². The zero-order valence-corrected chi connectivity index (χ0v) is 12.4. The molecule has 1 aromatic carbocycles. The van der Waals surface area contributed by atoms with Gasteiger partial charge in [-0.3, -0.25) is 0 Å². The summed E-state index contributed by atoms with van der Waals surface area (Å²) in [4.78, 5) is 0. The molecule has 1 aliphatic carbocycles. The van der Waals surface area contributed by atoms with E-state index in [0.717, 1.165) is 37.6 Å². The molecule has 0 unspecified atom stereocenters. The average Bonchev–Trinajstić information content (AvgIpc) is 2.29. The monoisotopic (exact) mass is 300 g/mol. The van der Waals surface area contributed by atoms with Crippen LogP contribution in [0.5, 0.6) is 0 Å². The average molecular weight is 300 g/mol. The van der Waals surface area contributed by atoms with Crippen molar-refractivity contribution in [1.29, 1.82) is 0 Å². The third-order valence-corrected chi connectivity index (χ3v) is 4.34. The van der Waals surface area contributed by atoms with Crippen molar-refractivity contribution >= 4 is 10.0 Å². The van der Waals surface area contributed by atoms with Crippen molar-refractivity contribution < 1.29 is 12.8 Å². The number of sulfonamides is 1. The Morgan fingerprint density at radius 1 is 1.30 bits per heavy atom. The van der Waals surface area contributed by atoms with Gasteiger partial charge < -0.3 is 5.32 Å². The van der Waals surface area contributed by atoms with Crippen molar-refractivity contribution in [2.45, 2.75) is 31.2 Å². The number of benzene rings is 1. The van der Waals surface area contributed by atoms with Crippen LogP contribution in [0.25, 0.3) is 0 Å². The summed E-state index contributed by atoms with van der Waals surface area (Å²) in [5.41, 5.74) is 1.07. The van der Waals surface area contributed by atoms with Crippen LogP contribution in [0.3, 0.4) is 0 Å². The summed E-state index contributed by atoms with van der Waals surface area (Å²) in [5.74, 6) is 0.267. The molecule has 1 aliphatic rings. The minimum atomic E-state index is -3.08. The van der Waals surface area contributed by atoms with Crippen molar-refractivity contribution in [3.63, 3.8) is 0 Å². The summed E-state index contributed by atoms with van der Waals surface area (Å²) in [6.07, 6.45) is 3.97. The normalized spacial score (nSPS) is 22.5. The molecular formula is C14H21FN2O2S. The fraction of sp³-hybridized carbons (Fsp3) is 0.571. The molecule has 2 rings (SSSR count). The molecule has 0 aromatic heterocycles. The minimum Gasteiger partial charge on any atom is -0.314 e. The standard InChI is InChI=1S/C14H21FN2O2S/c1-20(18,19)17-7-3-6-16-14-9-12(10-14)11-4-2-5-13(15)8-11/h2,4-5,8,12,14,16-17H,3,6-7,9-10H2,1H3. The predicted octanol–water partition coefficient (Wildman–Crippen LogP) is 1.60. The molecule has 1 fully saturated rings. The quantitative estimate of drug-likeness (QED) is 0.752. The molecule has 4 nitrogen and oxygen atoms in total. The Bertz CT molecular complexity index is 542. The molecule has 0 radical (unpaired) electrons. The van der Waals surface area contributed by atoms with Gasteiger partial charge >= 0.3 is 0 Å². The Hall–Kier alpha value is -0.980.